The number of rotatable bonds is 4. The van der Waals surface area contributed by atoms with Crippen molar-refractivity contribution in [2.75, 3.05) is 18.1 Å². The number of amides is 1. The fourth-order valence-electron chi connectivity index (χ4n) is 2.80. The van der Waals surface area contributed by atoms with Gasteiger partial charge in [-0.2, -0.15) is 4.37 Å². The number of hydrogen-bond donors (Lipinski definition) is 3. The summed E-state index contributed by atoms with van der Waals surface area (Å²) < 4.78 is 4.10. The quantitative estimate of drug-likeness (QED) is 0.792. The molecule has 0 spiro atoms. The van der Waals surface area contributed by atoms with Gasteiger partial charge in [-0.05, 0) is 30.3 Å². The minimum Gasteiger partial charge on any atom is -0.382 e. The van der Waals surface area contributed by atoms with Crippen molar-refractivity contribution in [3.05, 3.63) is 5.56 Å². The molecule has 106 valence electrons. The summed E-state index contributed by atoms with van der Waals surface area (Å²) in [5.74, 6) is 0.822. The van der Waals surface area contributed by atoms with Crippen LogP contribution in [0.1, 0.15) is 49.4 Å². The lowest BCUT2D eigenvalue weighted by Crippen LogP contribution is -2.32. The van der Waals surface area contributed by atoms with Crippen LogP contribution in [-0.4, -0.2) is 23.4 Å². The highest BCUT2D eigenvalue weighted by Crippen LogP contribution is 2.33. The molecule has 0 bridgehead atoms. The number of nitrogens with one attached hydrogen (secondary N) is 2. The maximum atomic E-state index is 11.8. The van der Waals surface area contributed by atoms with E-state index in [0.717, 1.165) is 11.4 Å². The van der Waals surface area contributed by atoms with Crippen molar-refractivity contribution in [3.63, 3.8) is 0 Å². The minimum absolute atomic E-state index is 0.169. The van der Waals surface area contributed by atoms with Gasteiger partial charge in [0.1, 0.15) is 10.6 Å². The first-order valence-electron chi connectivity index (χ1n) is 6.91. The van der Waals surface area contributed by atoms with Gasteiger partial charge in [0.05, 0.1) is 0 Å². The Labute approximate surface area is 118 Å². The molecule has 1 aromatic heterocycles. The Morgan fingerprint density at radius 3 is 2.89 bits per heavy atom. The van der Waals surface area contributed by atoms with E-state index >= 15 is 0 Å². The molecule has 1 amide bonds. The SMILES string of the molecule is CCC1CCCCC1Nc1snc(N)c1C(=O)NC. The average Bonchev–Trinajstić information content (AvgIpc) is 2.79. The van der Waals surface area contributed by atoms with Crippen LogP contribution in [0.25, 0.3) is 0 Å². The van der Waals surface area contributed by atoms with Gasteiger partial charge in [-0.3, -0.25) is 4.79 Å². The molecule has 4 N–H and O–H groups in total. The summed E-state index contributed by atoms with van der Waals surface area (Å²) in [4.78, 5) is 11.8. The molecule has 0 saturated heterocycles. The molecule has 1 heterocycles. The highest BCUT2D eigenvalue weighted by atomic mass is 32.1. The average molecular weight is 282 g/mol. The summed E-state index contributed by atoms with van der Waals surface area (Å²) in [5, 5.41) is 6.93. The lowest BCUT2D eigenvalue weighted by Gasteiger charge is -2.31. The molecule has 5 nitrogen and oxygen atoms in total. The van der Waals surface area contributed by atoms with Crippen molar-refractivity contribution in [3.8, 4) is 0 Å². The normalized spacial score (nSPS) is 23.1. The number of carbonyl (C=O) groups is 1. The first-order chi connectivity index (χ1) is 9.17. The summed E-state index contributed by atoms with van der Waals surface area (Å²) in [5.41, 5.74) is 6.28. The molecular formula is C13H22N4OS. The van der Waals surface area contributed by atoms with Crippen molar-refractivity contribution < 1.29 is 4.79 Å². The number of carbonyl (C=O) groups excluding carboxylic acids is 1. The van der Waals surface area contributed by atoms with Crippen LogP contribution in [0.5, 0.6) is 0 Å². The molecule has 2 unspecified atom stereocenters. The van der Waals surface area contributed by atoms with Gasteiger partial charge < -0.3 is 16.4 Å². The minimum atomic E-state index is -0.169. The molecule has 2 rings (SSSR count). The third kappa shape index (κ3) is 3.00. The maximum Gasteiger partial charge on any atom is 0.257 e. The molecule has 1 fully saturated rings. The Hall–Kier alpha value is -1.30. The van der Waals surface area contributed by atoms with E-state index in [2.05, 4.69) is 21.9 Å². The fraction of sp³-hybridized carbons (Fsp3) is 0.692. The zero-order valence-electron chi connectivity index (χ0n) is 11.5. The van der Waals surface area contributed by atoms with Crippen molar-refractivity contribution in [2.45, 2.75) is 45.1 Å². The number of anilines is 2. The molecule has 0 aromatic carbocycles. The monoisotopic (exact) mass is 282 g/mol. The summed E-state index contributed by atoms with van der Waals surface area (Å²) in [6.07, 6.45) is 6.14. The summed E-state index contributed by atoms with van der Waals surface area (Å²) in [7, 11) is 1.61. The first-order valence-corrected chi connectivity index (χ1v) is 7.68. The molecule has 1 aromatic rings. The van der Waals surface area contributed by atoms with Gasteiger partial charge in [-0.15, -0.1) is 0 Å². The number of nitrogens with zero attached hydrogens (tertiary/aromatic N) is 1. The van der Waals surface area contributed by atoms with Crippen molar-refractivity contribution in [2.24, 2.45) is 5.92 Å². The second-order valence-corrected chi connectivity index (χ2v) is 5.83. The fourth-order valence-corrected chi connectivity index (χ4v) is 3.57. The predicted octanol–water partition coefficient (Wildman–Crippen LogP) is 2.47. The molecule has 0 aliphatic heterocycles. The highest BCUT2D eigenvalue weighted by Gasteiger charge is 2.26. The van der Waals surface area contributed by atoms with E-state index in [0.29, 0.717) is 23.3 Å². The zero-order chi connectivity index (χ0) is 13.8. The second kappa shape index (κ2) is 6.23. The smallest absolute Gasteiger partial charge is 0.257 e. The van der Waals surface area contributed by atoms with E-state index in [4.69, 9.17) is 5.73 Å². The molecular weight excluding hydrogens is 260 g/mol. The number of nitrogens with two attached hydrogens (primary N) is 1. The molecule has 2 atom stereocenters. The number of hydrogen-bond acceptors (Lipinski definition) is 5. The summed E-state index contributed by atoms with van der Waals surface area (Å²) in [6, 6.07) is 0.432. The zero-order valence-corrected chi connectivity index (χ0v) is 12.3. The van der Waals surface area contributed by atoms with Gasteiger partial charge in [-0.1, -0.05) is 26.2 Å². The van der Waals surface area contributed by atoms with Crippen molar-refractivity contribution >= 4 is 28.3 Å². The molecule has 1 saturated carbocycles. The maximum absolute atomic E-state index is 11.8. The molecule has 0 radical (unpaired) electrons. The van der Waals surface area contributed by atoms with Gasteiger partial charge in [0.25, 0.3) is 5.91 Å². The Kier molecular flexibility index (Phi) is 4.63. The van der Waals surface area contributed by atoms with Crippen LogP contribution < -0.4 is 16.4 Å². The Balaban J connectivity index is 2.16. The highest BCUT2D eigenvalue weighted by molar-refractivity contribution is 7.11. The molecule has 1 aliphatic rings. The topological polar surface area (TPSA) is 80.0 Å². The second-order valence-electron chi connectivity index (χ2n) is 5.05. The summed E-state index contributed by atoms with van der Waals surface area (Å²) >= 11 is 1.28. The largest absolute Gasteiger partial charge is 0.382 e. The van der Waals surface area contributed by atoms with Gasteiger partial charge in [-0.25, -0.2) is 0 Å². The lowest BCUT2D eigenvalue weighted by molar-refractivity contribution is 0.0965. The lowest BCUT2D eigenvalue weighted by atomic mass is 9.83. The molecule has 1 aliphatic carbocycles. The van der Waals surface area contributed by atoms with Crippen LogP contribution in [-0.2, 0) is 0 Å². The summed E-state index contributed by atoms with van der Waals surface area (Å²) in [6.45, 7) is 2.23. The Morgan fingerprint density at radius 2 is 2.21 bits per heavy atom. The van der Waals surface area contributed by atoms with Crippen LogP contribution in [0.4, 0.5) is 10.8 Å². The van der Waals surface area contributed by atoms with E-state index in [1.165, 1.54) is 37.2 Å². The van der Waals surface area contributed by atoms with Crippen molar-refractivity contribution in [1.29, 1.82) is 0 Å². The standard InChI is InChI=1S/C13H22N4OS/c1-3-8-6-4-5-7-9(8)16-13-10(12(18)15-2)11(14)17-19-13/h8-9,16H,3-7H2,1-2H3,(H2,14,17)(H,15,18). The van der Waals surface area contributed by atoms with E-state index < -0.39 is 0 Å². The van der Waals surface area contributed by atoms with Gasteiger partial charge in [0.2, 0.25) is 0 Å². The van der Waals surface area contributed by atoms with E-state index in [1.807, 2.05) is 0 Å². The third-order valence-corrected chi connectivity index (χ3v) is 4.72. The molecule has 19 heavy (non-hydrogen) atoms. The predicted molar refractivity (Wildman–Crippen MR) is 79.6 cm³/mol. The van der Waals surface area contributed by atoms with Gasteiger partial charge in [0.15, 0.2) is 5.82 Å². The number of nitrogen functional groups attached to an aromatic ring is 1. The van der Waals surface area contributed by atoms with Crippen LogP contribution >= 0.6 is 11.5 Å². The third-order valence-electron chi connectivity index (χ3n) is 3.92. The number of aromatic nitrogens is 1. The first kappa shape index (κ1) is 14.1. The van der Waals surface area contributed by atoms with Gasteiger partial charge >= 0.3 is 0 Å². The molecule has 6 heteroatoms. The Morgan fingerprint density at radius 1 is 1.47 bits per heavy atom. The van der Waals surface area contributed by atoms with Gasteiger partial charge in [0, 0.05) is 13.1 Å². The van der Waals surface area contributed by atoms with Crippen LogP contribution in [0.15, 0.2) is 0 Å². The van der Waals surface area contributed by atoms with Crippen molar-refractivity contribution in [1.82, 2.24) is 9.69 Å². The van der Waals surface area contributed by atoms with E-state index in [1.54, 1.807) is 7.05 Å². The van der Waals surface area contributed by atoms with Crippen LogP contribution in [0.2, 0.25) is 0 Å². The van der Waals surface area contributed by atoms with E-state index in [9.17, 15) is 4.79 Å². The van der Waals surface area contributed by atoms with E-state index in [-0.39, 0.29) is 5.91 Å². The van der Waals surface area contributed by atoms with Crippen LogP contribution in [0, 0.1) is 5.92 Å². The van der Waals surface area contributed by atoms with Crippen LogP contribution in [0.3, 0.4) is 0 Å². The Bertz CT molecular complexity index is 446.